The summed E-state index contributed by atoms with van der Waals surface area (Å²) in [5.74, 6) is 0.857. The van der Waals surface area contributed by atoms with Gasteiger partial charge in [0.1, 0.15) is 11.5 Å². The Morgan fingerprint density at radius 3 is 2.35 bits per heavy atom. The van der Waals surface area contributed by atoms with E-state index in [0.29, 0.717) is 30.3 Å². The first-order valence-corrected chi connectivity index (χ1v) is 9.13. The smallest absolute Gasteiger partial charge is 0.254 e. The molecular weight excluding hydrogens is 332 g/mol. The summed E-state index contributed by atoms with van der Waals surface area (Å²) in [6, 6.07) is 5.43. The standard InChI is InChI=1S/C20H22N2O4/c1-3-25-15-8-7-14(16(10-15)26-4-2)11-21-22-19(23)17-12-5-6-13(9-12)18(17)20(22)24/h5-8,10-13,17-18H,3-4,9H2,1-2H3/b21-11-/t12-,13+,17-,18-/m0/s1. The summed E-state index contributed by atoms with van der Waals surface area (Å²) < 4.78 is 11.1. The fraction of sp³-hybridized carbons (Fsp3) is 0.450. The molecular formula is C20H22N2O4. The van der Waals surface area contributed by atoms with E-state index >= 15 is 0 Å². The highest BCUT2D eigenvalue weighted by Gasteiger charge is 2.59. The fourth-order valence-corrected chi connectivity index (χ4v) is 4.28. The Hall–Kier alpha value is -2.63. The van der Waals surface area contributed by atoms with Crippen LogP contribution in [0.4, 0.5) is 0 Å². The minimum absolute atomic E-state index is 0.183. The number of hydrogen-bond acceptors (Lipinski definition) is 5. The zero-order chi connectivity index (χ0) is 18.3. The predicted octanol–water partition coefficient (Wildman–Crippen LogP) is 2.63. The van der Waals surface area contributed by atoms with Crippen molar-refractivity contribution in [3.8, 4) is 11.5 Å². The van der Waals surface area contributed by atoms with Crippen LogP contribution in [0.5, 0.6) is 11.5 Å². The number of amides is 2. The average Bonchev–Trinajstić information content (AvgIpc) is 3.30. The Bertz CT molecular complexity index is 771. The van der Waals surface area contributed by atoms with Crippen molar-refractivity contribution in [2.75, 3.05) is 13.2 Å². The molecule has 1 aromatic carbocycles. The van der Waals surface area contributed by atoms with E-state index in [-0.39, 0.29) is 35.5 Å². The Morgan fingerprint density at radius 1 is 1.08 bits per heavy atom. The van der Waals surface area contributed by atoms with Gasteiger partial charge in [-0.15, -0.1) is 0 Å². The lowest BCUT2D eigenvalue weighted by Crippen LogP contribution is -2.28. The summed E-state index contributed by atoms with van der Waals surface area (Å²) in [6.45, 7) is 4.87. The molecule has 6 nitrogen and oxygen atoms in total. The highest BCUT2D eigenvalue weighted by Crippen LogP contribution is 2.52. The number of hydrazone groups is 1. The molecule has 6 heteroatoms. The highest BCUT2D eigenvalue weighted by molar-refractivity contribution is 6.06. The van der Waals surface area contributed by atoms with Crippen molar-refractivity contribution in [3.63, 3.8) is 0 Å². The Labute approximate surface area is 152 Å². The lowest BCUT2D eigenvalue weighted by atomic mass is 9.85. The number of nitrogens with zero attached hydrogens (tertiary/aromatic N) is 2. The first-order valence-electron chi connectivity index (χ1n) is 9.13. The lowest BCUT2D eigenvalue weighted by molar-refractivity contribution is -0.140. The van der Waals surface area contributed by atoms with Crippen LogP contribution in [0.2, 0.25) is 0 Å². The molecule has 0 spiro atoms. The Kier molecular flexibility index (Phi) is 4.26. The van der Waals surface area contributed by atoms with Crippen molar-refractivity contribution in [1.82, 2.24) is 5.01 Å². The number of carbonyl (C=O) groups is 2. The summed E-state index contributed by atoms with van der Waals surface area (Å²) >= 11 is 0. The molecule has 4 atom stereocenters. The van der Waals surface area contributed by atoms with Crippen LogP contribution >= 0.6 is 0 Å². The van der Waals surface area contributed by atoms with E-state index in [1.54, 1.807) is 6.07 Å². The molecule has 3 aliphatic rings. The van der Waals surface area contributed by atoms with Crippen LogP contribution in [-0.2, 0) is 9.59 Å². The number of carbonyl (C=O) groups excluding carboxylic acids is 2. The van der Waals surface area contributed by atoms with Crippen LogP contribution < -0.4 is 9.47 Å². The lowest BCUT2D eigenvalue weighted by Gasteiger charge is -2.13. The fourth-order valence-electron chi connectivity index (χ4n) is 4.28. The van der Waals surface area contributed by atoms with Gasteiger partial charge in [-0.2, -0.15) is 10.1 Å². The first-order chi connectivity index (χ1) is 12.6. The van der Waals surface area contributed by atoms with E-state index in [2.05, 4.69) is 17.3 Å². The zero-order valence-electron chi connectivity index (χ0n) is 14.9. The molecule has 1 saturated carbocycles. The van der Waals surface area contributed by atoms with Gasteiger partial charge in [0.15, 0.2) is 0 Å². The maximum absolute atomic E-state index is 12.7. The zero-order valence-corrected chi connectivity index (χ0v) is 14.9. The van der Waals surface area contributed by atoms with E-state index in [0.717, 1.165) is 11.4 Å². The summed E-state index contributed by atoms with van der Waals surface area (Å²) in [5, 5.41) is 5.26. The maximum atomic E-state index is 12.7. The number of fused-ring (bicyclic) bond motifs is 5. The molecule has 136 valence electrons. The molecule has 2 fully saturated rings. The van der Waals surface area contributed by atoms with E-state index in [1.807, 2.05) is 26.0 Å². The van der Waals surface area contributed by atoms with Gasteiger partial charge >= 0.3 is 0 Å². The third-order valence-electron chi connectivity index (χ3n) is 5.36. The maximum Gasteiger partial charge on any atom is 0.254 e. The number of allylic oxidation sites excluding steroid dienone is 2. The normalized spacial score (nSPS) is 29.1. The summed E-state index contributed by atoms with van der Waals surface area (Å²) in [5.41, 5.74) is 0.703. The van der Waals surface area contributed by atoms with Gasteiger partial charge in [-0.1, -0.05) is 12.2 Å². The van der Waals surface area contributed by atoms with Crippen molar-refractivity contribution in [1.29, 1.82) is 0 Å². The van der Waals surface area contributed by atoms with Crippen molar-refractivity contribution >= 4 is 18.0 Å². The Balaban J connectivity index is 1.57. The second-order valence-electron chi connectivity index (χ2n) is 6.80. The molecule has 0 unspecified atom stereocenters. The molecule has 4 rings (SSSR count). The molecule has 0 radical (unpaired) electrons. The summed E-state index contributed by atoms with van der Waals surface area (Å²) in [7, 11) is 0. The van der Waals surface area contributed by atoms with Gasteiger partial charge in [-0.05, 0) is 44.2 Å². The molecule has 1 aromatic rings. The first kappa shape index (κ1) is 16.8. The summed E-state index contributed by atoms with van der Waals surface area (Å²) in [6.07, 6.45) is 6.58. The topological polar surface area (TPSA) is 68.2 Å². The van der Waals surface area contributed by atoms with Crippen molar-refractivity contribution in [2.24, 2.45) is 28.8 Å². The largest absolute Gasteiger partial charge is 0.494 e. The number of rotatable bonds is 6. The number of hydrogen-bond donors (Lipinski definition) is 0. The van der Waals surface area contributed by atoms with E-state index in [4.69, 9.17) is 9.47 Å². The van der Waals surface area contributed by atoms with Crippen molar-refractivity contribution in [2.45, 2.75) is 20.3 Å². The monoisotopic (exact) mass is 354 g/mol. The third-order valence-corrected chi connectivity index (χ3v) is 5.36. The van der Waals surface area contributed by atoms with Crippen molar-refractivity contribution < 1.29 is 19.1 Å². The highest BCUT2D eigenvalue weighted by atomic mass is 16.5. The molecule has 26 heavy (non-hydrogen) atoms. The van der Waals surface area contributed by atoms with Gasteiger partial charge in [-0.25, -0.2) is 0 Å². The van der Waals surface area contributed by atoms with E-state index in [1.165, 1.54) is 6.21 Å². The van der Waals surface area contributed by atoms with Gasteiger partial charge in [0.2, 0.25) is 0 Å². The van der Waals surface area contributed by atoms with Gasteiger partial charge in [0.05, 0.1) is 31.3 Å². The molecule has 1 heterocycles. The molecule has 1 saturated heterocycles. The molecule has 0 aromatic heterocycles. The molecule has 0 N–H and O–H groups in total. The average molecular weight is 354 g/mol. The van der Waals surface area contributed by atoms with E-state index < -0.39 is 0 Å². The summed E-state index contributed by atoms with van der Waals surface area (Å²) in [4.78, 5) is 25.3. The molecule has 2 aliphatic carbocycles. The number of imide groups is 1. The number of ether oxygens (including phenoxy) is 2. The van der Waals surface area contributed by atoms with Crippen LogP contribution in [-0.4, -0.2) is 36.3 Å². The third kappa shape index (κ3) is 2.60. The van der Waals surface area contributed by atoms with Gasteiger partial charge in [-0.3, -0.25) is 9.59 Å². The van der Waals surface area contributed by atoms with E-state index in [9.17, 15) is 9.59 Å². The Morgan fingerprint density at radius 2 is 1.73 bits per heavy atom. The van der Waals surface area contributed by atoms with Crippen LogP contribution in [0.15, 0.2) is 35.5 Å². The van der Waals surface area contributed by atoms with Crippen LogP contribution in [0.25, 0.3) is 0 Å². The SMILES string of the molecule is CCOc1ccc(/C=N\N2C(=O)[C@@H]3[C@@H](C2=O)[C@H]2C=C[C@@H]3C2)c(OCC)c1. The molecule has 2 bridgehead atoms. The molecule has 1 aliphatic heterocycles. The van der Waals surface area contributed by atoms with Crippen LogP contribution in [0.1, 0.15) is 25.8 Å². The number of benzene rings is 1. The second-order valence-corrected chi connectivity index (χ2v) is 6.80. The molecule has 2 amide bonds. The van der Waals surface area contributed by atoms with Gasteiger partial charge in [0.25, 0.3) is 11.8 Å². The van der Waals surface area contributed by atoms with Crippen molar-refractivity contribution in [3.05, 3.63) is 35.9 Å². The second kappa shape index (κ2) is 6.59. The van der Waals surface area contributed by atoms with Crippen LogP contribution in [0, 0.1) is 23.7 Å². The van der Waals surface area contributed by atoms with Gasteiger partial charge in [0, 0.05) is 11.6 Å². The minimum Gasteiger partial charge on any atom is -0.494 e. The minimum atomic E-state index is -0.235. The van der Waals surface area contributed by atoms with Gasteiger partial charge < -0.3 is 9.47 Å². The van der Waals surface area contributed by atoms with Crippen LogP contribution in [0.3, 0.4) is 0 Å². The quantitative estimate of drug-likeness (QED) is 0.447. The predicted molar refractivity (Wildman–Crippen MR) is 95.9 cm³/mol.